The lowest BCUT2D eigenvalue weighted by atomic mass is 10.1. The molecule has 2 aromatic heterocycles. The number of aromatic carboxylic acids is 1. The number of thiophene rings is 1. The summed E-state index contributed by atoms with van der Waals surface area (Å²) in [6, 6.07) is 18.8. The van der Waals surface area contributed by atoms with Gasteiger partial charge >= 0.3 is 5.97 Å². The van der Waals surface area contributed by atoms with Gasteiger partial charge in [-0.1, -0.05) is 41.6 Å². The predicted molar refractivity (Wildman–Crippen MR) is 132 cm³/mol. The van der Waals surface area contributed by atoms with Crippen LogP contribution in [0.3, 0.4) is 0 Å². The number of allylic oxidation sites excluding steroid dienone is 1. The fraction of sp³-hybridized carbons (Fsp3) is 0.185. The van der Waals surface area contributed by atoms with Gasteiger partial charge in [-0.15, -0.1) is 11.3 Å². The van der Waals surface area contributed by atoms with Crippen LogP contribution in [0.1, 0.15) is 33.4 Å². The van der Waals surface area contributed by atoms with Gasteiger partial charge in [0, 0.05) is 27.8 Å². The number of carboxylic acid groups (broad SMARTS) is 1. The van der Waals surface area contributed by atoms with Crippen molar-refractivity contribution in [1.29, 1.82) is 0 Å². The van der Waals surface area contributed by atoms with Crippen LogP contribution < -0.4 is 4.74 Å². The molecule has 2 heterocycles. The van der Waals surface area contributed by atoms with E-state index in [1.807, 2.05) is 61.4 Å². The zero-order valence-electron chi connectivity index (χ0n) is 19.2. The van der Waals surface area contributed by atoms with E-state index in [9.17, 15) is 9.59 Å². The van der Waals surface area contributed by atoms with Crippen molar-refractivity contribution in [3.05, 3.63) is 88.1 Å². The Morgan fingerprint density at radius 2 is 1.80 bits per heavy atom. The first-order chi connectivity index (χ1) is 17.0. The first kappa shape index (κ1) is 24.0. The molecule has 0 fully saturated rings. The van der Waals surface area contributed by atoms with Crippen molar-refractivity contribution in [2.45, 2.75) is 26.9 Å². The summed E-state index contributed by atoms with van der Waals surface area (Å²) in [7, 11) is 0. The summed E-state index contributed by atoms with van der Waals surface area (Å²) in [4.78, 5) is 24.2. The van der Waals surface area contributed by atoms with Crippen LogP contribution in [-0.4, -0.2) is 28.8 Å². The molecule has 0 unspecified atom stereocenters. The standard InChI is InChI=1S/C27H23NO6S/c1-3-32-22(15-29)13-18-4-10-21(11-5-18)33-16-26-17(2)12-25(35-26)20-8-6-19(7-9-20)24-14-23(27(30)31)28-34-24/h4-12,14H,3,13,16H2,1-2H3,(H,30,31). The minimum Gasteiger partial charge on any atom is -0.488 e. The molecular formula is C27H23NO6S. The fourth-order valence-electron chi connectivity index (χ4n) is 3.44. The van der Waals surface area contributed by atoms with E-state index in [0.29, 0.717) is 31.2 Å². The Bertz CT molecular complexity index is 1360. The molecule has 0 aliphatic carbocycles. The number of hydrogen-bond acceptors (Lipinski definition) is 7. The third-order valence-corrected chi connectivity index (χ3v) is 6.55. The highest BCUT2D eigenvalue weighted by Crippen LogP contribution is 2.33. The summed E-state index contributed by atoms with van der Waals surface area (Å²) in [5.41, 5.74) is 3.77. The Balaban J connectivity index is 1.39. The van der Waals surface area contributed by atoms with Crippen LogP contribution in [0.25, 0.3) is 21.8 Å². The molecule has 2 aromatic carbocycles. The second kappa shape index (κ2) is 10.9. The van der Waals surface area contributed by atoms with Gasteiger partial charge in [0.1, 0.15) is 12.4 Å². The first-order valence-corrected chi connectivity index (χ1v) is 11.8. The van der Waals surface area contributed by atoms with E-state index >= 15 is 0 Å². The van der Waals surface area contributed by atoms with Gasteiger partial charge in [0.15, 0.2) is 23.2 Å². The Morgan fingerprint density at radius 1 is 1.09 bits per heavy atom. The Labute approximate surface area is 206 Å². The van der Waals surface area contributed by atoms with Gasteiger partial charge in [0.2, 0.25) is 0 Å². The van der Waals surface area contributed by atoms with Crippen LogP contribution in [0, 0.1) is 6.92 Å². The van der Waals surface area contributed by atoms with Crippen molar-refractivity contribution in [3.63, 3.8) is 0 Å². The van der Waals surface area contributed by atoms with Gasteiger partial charge < -0.3 is 19.1 Å². The van der Waals surface area contributed by atoms with Crippen LogP contribution >= 0.6 is 11.3 Å². The van der Waals surface area contributed by atoms with Crippen molar-refractivity contribution in [2.24, 2.45) is 0 Å². The third kappa shape index (κ3) is 5.87. The average molecular weight is 490 g/mol. The fourth-order valence-corrected chi connectivity index (χ4v) is 4.54. The number of nitrogens with zero attached hydrogens (tertiary/aromatic N) is 1. The summed E-state index contributed by atoms with van der Waals surface area (Å²) in [6.45, 7) is 4.77. The molecule has 0 bridgehead atoms. The van der Waals surface area contributed by atoms with Crippen molar-refractivity contribution >= 4 is 23.2 Å². The van der Waals surface area contributed by atoms with E-state index in [0.717, 1.165) is 37.8 Å². The number of ether oxygens (including phenoxy) is 2. The molecule has 178 valence electrons. The molecule has 7 nitrogen and oxygen atoms in total. The highest BCUT2D eigenvalue weighted by Gasteiger charge is 2.13. The Kier molecular flexibility index (Phi) is 7.45. The molecule has 4 rings (SSSR count). The highest BCUT2D eigenvalue weighted by atomic mass is 32.1. The Hall–Kier alpha value is -4.13. The molecule has 0 aliphatic rings. The molecule has 0 spiro atoms. The lowest BCUT2D eigenvalue weighted by molar-refractivity contribution is 0.0685. The number of rotatable bonds is 10. The third-order valence-electron chi connectivity index (χ3n) is 5.29. The normalized spacial score (nSPS) is 10.6. The van der Waals surface area contributed by atoms with Crippen LogP contribution in [0.4, 0.5) is 0 Å². The summed E-state index contributed by atoms with van der Waals surface area (Å²) >= 11 is 1.66. The van der Waals surface area contributed by atoms with Gasteiger partial charge in [-0.05, 0) is 48.7 Å². The number of hydrogen-bond donors (Lipinski definition) is 1. The van der Waals surface area contributed by atoms with Gasteiger partial charge in [-0.3, -0.25) is 0 Å². The number of benzene rings is 2. The first-order valence-electron chi connectivity index (χ1n) is 11.0. The lowest BCUT2D eigenvalue weighted by Crippen LogP contribution is -1.98. The van der Waals surface area contributed by atoms with Crippen LogP contribution in [0.15, 0.2) is 70.9 Å². The maximum Gasteiger partial charge on any atom is 0.358 e. The van der Waals surface area contributed by atoms with Gasteiger partial charge in [-0.25, -0.2) is 9.59 Å². The SMILES string of the molecule is CCOC(=C=O)Cc1ccc(OCc2sc(-c3ccc(-c4cc(C(=O)O)no4)cc3)cc2C)cc1. The molecule has 0 atom stereocenters. The quantitative estimate of drug-likeness (QED) is 0.217. The van der Waals surface area contributed by atoms with E-state index in [1.165, 1.54) is 6.07 Å². The summed E-state index contributed by atoms with van der Waals surface area (Å²) in [5.74, 6) is 2.16. The second-order valence-corrected chi connectivity index (χ2v) is 8.88. The van der Waals surface area contributed by atoms with Crippen LogP contribution in [-0.2, 0) is 22.6 Å². The molecule has 4 aromatic rings. The molecule has 0 saturated heterocycles. The van der Waals surface area contributed by atoms with Crippen molar-refractivity contribution in [1.82, 2.24) is 5.16 Å². The topological polar surface area (TPSA) is 98.9 Å². The van der Waals surface area contributed by atoms with E-state index < -0.39 is 5.97 Å². The van der Waals surface area contributed by atoms with Crippen molar-refractivity contribution in [3.8, 4) is 27.5 Å². The zero-order valence-corrected chi connectivity index (χ0v) is 20.1. The van der Waals surface area contributed by atoms with Crippen molar-refractivity contribution < 1.29 is 28.7 Å². The van der Waals surface area contributed by atoms with Gasteiger partial charge in [-0.2, -0.15) is 0 Å². The highest BCUT2D eigenvalue weighted by molar-refractivity contribution is 7.15. The number of carbonyl (C=O) groups excluding carboxylic acids is 1. The molecule has 0 radical (unpaired) electrons. The van der Waals surface area contributed by atoms with Crippen LogP contribution in [0.5, 0.6) is 5.75 Å². The van der Waals surface area contributed by atoms with Gasteiger partial charge in [0.05, 0.1) is 6.61 Å². The monoisotopic (exact) mass is 489 g/mol. The van der Waals surface area contributed by atoms with E-state index in [1.54, 1.807) is 11.3 Å². The molecule has 0 aliphatic heterocycles. The predicted octanol–water partition coefficient (Wildman–Crippen LogP) is 5.95. The maximum atomic E-state index is 11.0. The van der Waals surface area contributed by atoms with E-state index in [4.69, 9.17) is 19.1 Å². The largest absolute Gasteiger partial charge is 0.488 e. The molecule has 35 heavy (non-hydrogen) atoms. The molecule has 0 saturated carbocycles. The summed E-state index contributed by atoms with van der Waals surface area (Å²) in [5, 5.41) is 12.6. The molecule has 0 amide bonds. The molecule has 1 N–H and O–H groups in total. The lowest BCUT2D eigenvalue weighted by Gasteiger charge is -2.08. The number of aromatic nitrogens is 1. The minimum absolute atomic E-state index is 0.120. The minimum atomic E-state index is -1.12. The van der Waals surface area contributed by atoms with Gasteiger partial charge in [0.25, 0.3) is 0 Å². The Morgan fingerprint density at radius 3 is 2.43 bits per heavy atom. The van der Waals surface area contributed by atoms with Crippen LogP contribution in [0.2, 0.25) is 0 Å². The smallest absolute Gasteiger partial charge is 0.358 e. The summed E-state index contributed by atoms with van der Waals surface area (Å²) < 4.78 is 16.4. The van der Waals surface area contributed by atoms with Crippen molar-refractivity contribution in [2.75, 3.05) is 6.61 Å². The van der Waals surface area contributed by atoms with E-state index in [-0.39, 0.29) is 5.69 Å². The number of carboxylic acids is 1. The zero-order chi connectivity index (χ0) is 24.8. The summed E-state index contributed by atoms with van der Waals surface area (Å²) in [6.07, 6.45) is 0.404. The number of aryl methyl sites for hydroxylation is 1. The average Bonchev–Trinajstić information content (AvgIpc) is 3.51. The van der Waals surface area contributed by atoms with E-state index in [2.05, 4.69) is 18.1 Å². The number of carbonyl (C=O) groups is 1. The second-order valence-electron chi connectivity index (χ2n) is 7.74. The maximum absolute atomic E-state index is 11.0. The molecule has 8 heteroatoms. The molecular weight excluding hydrogens is 466 g/mol.